The number of aliphatic carboxylic acids is 1. The van der Waals surface area contributed by atoms with E-state index in [1.54, 1.807) is 0 Å². The fourth-order valence-electron chi connectivity index (χ4n) is 1.61. The number of carbonyl (C=O) groups is 1. The highest BCUT2D eigenvalue weighted by atomic mass is 32.2. The van der Waals surface area contributed by atoms with E-state index < -0.39 is 42.9 Å². The molecule has 1 fully saturated rings. The fraction of sp³-hybridized carbons (Fsp3) is 0.875. The minimum atomic E-state index is -3.90. The lowest BCUT2D eigenvalue weighted by molar-refractivity contribution is -0.139. The average molecular weight is 285 g/mol. The SMILES string of the molecule is CC[C@H](NS(=O)(=O)C1CCS(=O)(=O)C1)C(=O)O. The molecule has 1 rings (SSSR count). The molecule has 1 unspecified atom stereocenters. The van der Waals surface area contributed by atoms with Crippen LogP contribution in [0.1, 0.15) is 19.8 Å². The minimum Gasteiger partial charge on any atom is -0.480 e. The van der Waals surface area contributed by atoms with Gasteiger partial charge >= 0.3 is 5.97 Å². The van der Waals surface area contributed by atoms with Crippen LogP contribution in [-0.4, -0.2) is 50.7 Å². The summed E-state index contributed by atoms with van der Waals surface area (Å²) in [5.41, 5.74) is 0. The Kier molecular flexibility index (Phi) is 4.15. The molecule has 2 N–H and O–H groups in total. The van der Waals surface area contributed by atoms with E-state index in [4.69, 9.17) is 5.11 Å². The van der Waals surface area contributed by atoms with E-state index in [1.165, 1.54) is 6.92 Å². The smallest absolute Gasteiger partial charge is 0.321 e. The number of sulfonamides is 1. The quantitative estimate of drug-likeness (QED) is 0.666. The standard InChI is InChI=1S/C8H15NO6S2/c1-2-7(8(10)11)9-17(14,15)6-3-4-16(12,13)5-6/h6-7,9H,2-5H2,1H3,(H,10,11)/t6?,7-/m0/s1. The van der Waals surface area contributed by atoms with Gasteiger partial charge in [-0.05, 0) is 12.8 Å². The van der Waals surface area contributed by atoms with Crippen molar-refractivity contribution in [2.45, 2.75) is 31.1 Å². The van der Waals surface area contributed by atoms with Crippen molar-refractivity contribution in [3.05, 3.63) is 0 Å². The Hall–Kier alpha value is -0.670. The molecule has 1 aliphatic heterocycles. The van der Waals surface area contributed by atoms with Crippen molar-refractivity contribution in [1.29, 1.82) is 0 Å². The van der Waals surface area contributed by atoms with E-state index in [9.17, 15) is 21.6 Å². The molecule has 1 heterocycles. The zero-order valence-corrected chi connectivity index (χ0v) is 10.9. The van der Waals surface area contributed by atoms with Crippen LogP contribution < -0.4 is 4.72 Å². The van der Waals surface area contributed by atoms with Gasteiger partial charge in [-0.25, -0.2) is 21.6 Å². The summed E-state index contributed by atoms with van der Waals surface area (Å²) in [6.45, 7) is 1.53. The molecular formula is C8H15NO6S2. The Balaban J connectivity index is 2.80. The largest absolute Gasteiger partial charge is 0.480 e. The van der Waals surface area contributed by atoms with Crippen molar-refractivity contribution in [3.8, 4) is 0 Å². The molecule has 0 spiro atoms. The lowest BCUT2D eigenvalue weighted by Crippen LogP contribution is -2.45. The highest BCUT2D eigenvalue weighted by Gasteiger charge is 2.38. The van der Waals surface area contributed by atoms with E-state index in [0.29, 0.717) is 0 Å². The van der Waals surface area contributed by atoms with Crippen molar-refractivity contribution >= 4 is 25.8 Å². The topological polar surface area (TPSA) is 118 Å². The molecule has 0 radical (unpaired) electrons. The van der Waals surface area contributed by atoms with Gasteiger partial charge in [0.2, 0.25) is 10.0 Å². The third kappa shape index (κ3) is 3.65. The number of hydrogen-bond acceptors (Lipinski definition) is 5. The van der Waals surface area contributed by atoms with Gasteiger partial charge in [0.05, 0.1) is 16.8 Å². The summed E-state index contributed by atoms with van der Waals surface area (Å²) in [6, 6.07) is -1.21. The monoisotopic (exact) mass is 285 g/mol. The first-order valence-corrected chi connectivity index (χ1v) is 8.49. The highest BCUT2D eigenvalue weighted by Crippen LogP contribution is 2.18. The van der Waals surface area contributed by atoms with E-state index in [2.05, 4.69) is 0 Å². The molecule has 2 atom stereocenters. The Morgan fingerprint density at radius 3 is 2.47 bits per heavy atom. The Morgan fingerprint density at radius 1 is 1.53 bits per heavy atom. The molecule has 0 saturated carbocycles. The van der Waals surface area contributed by atoms with Crippen LogP contribution in [0.5, 0.6) is 0 Å². The van der Waals surface area contributed by atoms with E-state index in [-0.39, 0.29) is 18.6 Å². The molecule has 0 aromatic carbocycles. The van der Waals surface area contributed by atoms with Gasteiger partial charge in [0.25, 0.3) is 0 Å². The van der Waals surface area contributed by atoms with Crippen LogP contribution in [0.2, 0.25) is 0 Å². The van der Waals surface area contributed by atoms with Crippen molar-refractivity contribution in [1.82, 2.24) is 4.72 Å². The van der Waals surface area contributed by atoms with Crippen LogP contribution in [0.3, 0.4) is 0 Å². The Morgan fingerprint density at radius 2 is 2.12 bits per heavy atom. The van der Waals surface area contributed by atoms with E-state index >= 15 is 0 Å². The number of carboxylic acids is 1. The molecule has 0 aromatic heterocycles. The van der Waals surface area contributed by atoms with Gasteiger partial charge in [0, 0.05) is 0 Å². The Bertz CT molecular complexity index is 494. The van der Waals surface area contributed by atoms with Crippen LogP contribution in [0.15, 0.2) is 0 Å². The molecule has 0 bridgehead atoms. The number of nitrogens with one attached hydrogen (secondary N) is 1. The van der Waals surface area contributed by atoms with Gasteiger partial charge in [0.15, 0.2) is 9.84 Å². The summed E-state index contributed by atoms with van der Waals surface area (Å²) >= 11 is 0. The van der Waals surface area contributed by atoms with Crippen molar-refractivity contribution < 1.29 is 26.7 Å². The molecule has 17 heavy (non-hydrogen) atoms. The summed E-state index contributed by atoms with van der Waals surface area (Å²) in [5, 5.41) is 7.70. The predicted octanol–water partition coefficient (Wildman–Crippen LogP) is -1.04. The first-order chi connectivity index (χ1) is 7.68. The molecular weight excluding hydrogens is 270 g/mol. The fourth-order valence-corrected chi connectivity index (χ4v) is 5.92. The third-order valence-electron chi connectivity index (χ3n) is 2.64. The van der Waals surface area contributed by atoms with Gasteiger partial charge in [0.1, 0.15) is 6.04 Å². The molecule has 7 nitrogen and oxygen atoms in total. The second-order valence-corrected chi connectivity index (χ2v) is 8.21. The third-order valence-corrected chi connectivity index (χ3v) is 6.51. The number of hydrogen-bond donors (Lipinski definition) is 2. The normalized spacial score (nSPS) is 25.6. The molecule has 1 aliphatic rings. The average Bonchev–Trinajstić information content (AvgIpc) is 2.55. The van der Waals surface area contributed by atoms with Crippen LogP contribution >= 0.6 is 0 Å². The highest BCUT2D eigenvalue weighted by molar-refractivity contribution is 7.95. The number of sulfone groups is 1. The van der Waals surface area contributed by atoms with Crippen molar-refractivity contribution in [2.24, 2.45) is 0 Å². The molecule has 100 valence electrons. The lowest BCUT2D eigenvalue weighted by atomic mass is 10.2. The summed E-state index contributed by atoms with van der Waals surface area (Å²) < 4.78 is 47.9. The maximum absolute atomic E-state index is 11.8. The van der Waals surface area contributed by atoms with Gasteiger partial charge in [-0.15, -0.1) is 0 Å². The van der Waals surface area contributed by atoms with Crippen molar-refractivity contribution in [3.63, 3.8) is 0 Å². The Labute approximate surface area is 100 Å². The zero-order chi connectivity index (χ0) is 13.3. The molecule has 9 heteroatoms. The van der Waals surface area contributed by atoms with Crippen molar-refractivity contribution in [2.75, 3.05) is 11.5 Å². The number of carboxylic acid groups (broad SMARTS) is 1. The summed E-state index contributed by atoms with van der Waals surface area (Å²) in [4.78, 5) is 10.7. The van der Waals surface area contributed by atoms with Crippen LogP contribution in [0, 0.1) is 0 Å². The van der Waals surface area contributed by atoms with Crippen LogP contribution in [0.25, 0.3) is 0 Å². The minimum absolute atomic E-state index is 0.0215. The van der Waals surface area contributed by atoms with Gasteiger partial charge in [-0.1, -0.05) is 6.92 Å². The first kappa shape index (κ1) is 14.4. The van der Waals surface area contributed by atoms with Gasteiger partial charge in [-0.2, -0.15) is 0 Å². The second kappa shape index (κ2) is 4.91. The summed E-state index contributed by atoms with van der Waals surface area (Å²) in [6.07, 6.45) is 0.127. The molecule has 0 amide bonds. The molecule has 1 saturated heterocycles. The van der Waals surface area contributed by atoms with Gasteiger partial charge < -0.3 is 5.11 Å². The molecule has 0 aromatic rings. The van der Waals surface area contributed by atoms with E-state index in [0.717, 1.165) is 0 Å². The van der Waals surface area contributed by atoms with Gasteiger partial charge in [-0.3, -0.25) is 4.79 Å². The second-order valence-electron chi connectivity index (χ2n) is 3.99. The van der Waals surface area contributed by atoms with E-state index in [1.807, 2.05) is 4.72 Å². The summed E-state index contributed by atoms with van der Waals surface area (Å²) in [7, 11) is -7.21. The first-order valence-electron chi connectivity index (χ1n) is 5.12. The number of rotatable bonds is 5. The summed E-state index contributed by atoms with van der Waals surface area (Å²) in [5.74, 6) is -1.86. The maximum Gasteiger partial charge on any atom is 0.321 e. The van der Waals surface area contributed by atoms with Crippen LogP contribution in [0.4, 0.5) is 0 Å². The molecule has 0 aliphatic carbocycles. The maximum atomic E-state index is 11.8. The van der Waals surface area contributed by atoms with Crippen LogP contribution in [-0.2, 0) is 24.7 Å². The zero-order valence-electron chi connectivity index (χ0n) is 9.29. The lowest BCUT2D eigenvalue weighted by Gasteiger charge is -2.15. The predicted molar refractivity (Wildman–Crippen MR) is 60.8 cm³/mol.